The lowest BCUT2D eigenvalue weighted by Crippen LogP contribution is -2.13. The zero-order valence-corrected chi connectivity index (χ0v) is 17.6. The largest absolute Gasteiger partial charge is 0.434 e. The van der Waals surface area contributed by atoms with Crippen LogP contribution in [0.15, 0.2) is 64.4 Å². The minimum Gasteiger partial charge on any atom is -0.235 e. The quantitative estimate of drug-likeness (QED) is 0.546. The van der Waals surface area contributed by atoms with Crippen molar-refractivity contribution in [2.75, 3.05) is 6.26 Å². The van der Waals surface area contributed by atoms with E-state index < -0.39 is 21.9 Å². The smallest absolute Gasteiger partial charge is 0.235 e. The summed E-state index contributed by atoms with van der Waals surface area (Å²) in [5.41, 5.74) is -1.09. The van der Waals surface area contributed by atoms with Crippen molar-refractivity contribution < 1.29 is 21.6 Å². The van der Waals surface area contributed by atoms with Gasteiger partial charge >= 0.3 is 6.18 Å². The van der Waals surface area contributed by atoms with E-state index in [0.717, 1.165) is 4.90 Å². The highest BCUT2D eigenvalue weighted by Gasteiger charge is 2.40. The van der Waals surface area contributed by atoms with Crippen LogP contribution in [-0.4, -0.2) is 24.5 Å². The summed E-state index contributed by atoms with van der Waals surface area (Å²) in [5, 5.41) is 9.42. The molecule has 0 saturated heterocycles. The van der Waals surface area contributed by atoms with Gasteiger partial charge in [0, 0.05) is 22.2 Å². The molecular formula is C20H18F3N3O2S2. The number of nitrogens with two attached hydrogens (primary N) is 1. The molecule has 0 fully saturated rings. The summed E-state index contributed by atoms with van der Waals surface area (Å²) < 4.78 is 67.1. The van der Waals surface area contributed by atoms with Gasteiger partial charge in [0.05, 0.1) is 4.90 Å². The van der Waals surface area contributed by atoms with Gasteiger partial charge in [-0.3, -0.25) is 0 Å². The fourth-order valence-electron chi connectivity index (χ4n) is 3.09. The first-order chi connectivity index (χ1) is 14.1. The molecule has 2 N–H and O–H groups in total. The Hall–Kier alpha value is -2.56. The first kappa shape index (κ1) is 22.1. The monoisotopic (exact) mass is 453 g/mol. The lowest BCUT2D eigenvalue weighted by molar-refractivity contribution is -0.142. The van der Waals surface area contributed by atoms with E-state index in [2.05, 4.69) is 5.10 Å². The highest BCUT2D eigenvalue weighted by molar-refractivity contribution is 7.98. The first-order valence-electron chi connectivity index (χ1n) is 8.67. The third-order valence-corrected chi connectivity index (χ3v) is 6.01. The molecule has 3 rings (SSSR count). The Balaban J connectivity index is 2.45. The molecule has 1 aromatic heterocycles. The first-order valence-corrected chi connectivity index (χ1v) is 11.4. The van der Waals surface area contributed by atoms with Gasteiger partial charge in [-0.2, -0.15) is 18.3 Å². The van der Waals surface area contributed by atoms with Gasteiger partial charge in [-0.25, -0.2) is 18.2 Å². The van der Waals surface area contributed by atoms with E-state index in [1.54, 1.807) is 31.2 Å². The van der Waals surface area contributed by atoms with Gasteiger partial charge in [0.2, 0.25) is 10.0 Å². The lowest BCUT2D eigenvalue weighted by atomic mass is 9.98. The van der Waals surface area contributed by atoms with Crippen LogP contribution in [-0.2, 0) is 16.2 Å². The average Bonchev–Trinajstić information content (AvgIpc) is 3.07. The number of primary sulfonamides is 1. The molecule has 10 heteroatoms. The fourth-order valence-corrected chi connectivity index (χ4v) is 4.23. The Morgan fingerprint density at radius 1 is 1.10 bits per heavy atom. The topological polar surface area (TPSA) is 78.0 Å². The summed E-state index contributed by atoms with van der Waals surface area (Å²) in [7, 11) is -4.19. The highest BCUT2D eigenvalue weighted by Crippen LogP contribution is 2.44. The Morgan fingerprint density at radius 3 is 2.27 bits per heavy atom. The molecule has 2 aromatic carbocycles. The van der Waals surface area contributed by atoms with Crippen LogP contribution in [0, 0.1) is 0 Å². The Morgan fingerprint density at radius 2 is 1.73 bits per heavy atom. The third kappa shape index (κ3) is 4.30. The molecule has 0 aliphatic rings. The van der Waals surface area contributed by atoms with Gasteiger partial charge < -0.3 is 0 Å². The second kappa shape index (κ2) is 8.29. The van der Waals surface area contributed by atoms with Gasteiger partial charge in [-0.05, 0) is 36.9 Å². The molecule has 0 spiro atoms. The molecule has 0 radical (unpaired) electrons. The van der Waals surface area contributed by atoms with Gasteiger partial charge in [-0.1, -0.05) is 36.4 Å². The van der Waals surface area contributed by atoms with Crippen LogP contribution in [0.2, 0.25) is 0 Å². The zero-order valence-electron chi connectivity index (χ0n) is 16.0. The molecule has 0 aliphatic carbocycles. The van der Waals surface area contributed by atoms with Gasteiger partial charge in [0.15, 0.2) is 5.69 Å². The van der Waals surface area contributed by atoms with Crippen molar-refractivity contribution in [1.82, 2.24) is 9.78 Å². The number of aromatic nitrogens is 2. The van der Waals surface area contributed by atoms with Crippen molar-refractivity contribution in [3.63, 3.8) is 0 Å². The number of sulfonamides is 1. The average molecular weight is 454 g/mol. The van der Waals surface area contributed by atoms with Crippen molar-refractivity contribution in [3.05, 3.63) is 60.3 Å². The number of alkyl halides is 3. The van der Waals surface area contributed by atoms with Gasteiger partial charge in [-0.15, -0.1) is 11.8 Å². The summed E-state index contributed by atoms with van der Waals surface area (Å²) in [6, 6.07) is 12.1. The molecule has 0 atom stereocenters. The minimum absolute atomic E-state index is 0.00213. The number of hydrogen-bond acceptors (Lipinski definition) is 4. The standard InChI is InChI=1S/C20H18F3N3O2S2/c1-3-12-26-19(20(21,22)23)17(13-8-10-14(29-2)11-9-13)18(25-26)15-6-4-5-7-16(15)30(24,27)28/h3-12H,1-2H3,(H2,24,27,28). The second-order valence-electron chi connectivity index (χ2n) is 6.27. The van der Waals surface area contributed by atoms with Crippen LogP contribution < -0.4 is 5.14 Å². The maximum Gasteiger partial charge on any atom is 0.434 e. The molecule has 0 aliphatic heterocycles. The number of allylic oxidation sites excluding steroid dienone is 1. The van der Waals surface area contributed by atoms with Crippen LogP contribution in [0.5, 0.6) is 0 Å². The van der Waals surface area contributed by atoms with Crippen LogP contribution >= 0.6 is 11.8 Å². The summed E-state index contributed by atoms with van der Waals surface area (Å²) in [6.45, 7) is 1.56. The van der Waals surface area contributed by atoms with Crippen molar-refractivity contribution >= 4 is 28.0 Å². The molecule has 158 valence electrons. The maximum absolute atomic E-state index is 14.1. The van der Waals surface area contributed by atoms with Crippen molar-refractivity contribution in [2.45, 2.75) is 22.9 Å². The predicted molar refractivity (Wildman–Crippen MR) is 112 cm³/mol. The maximum atomic E-state index is 14.1. The van der Waals surface area contributed by atoms with Crippen molar-refractivity contribution in [3.8, 4) is 22.4 Å². The molecule has 30 heavy (non-hydrogen) atoms. The van der Waals surface area contributed by atoms with E-state index in [0.29, 0.717) is 4.68 Å². The molecule has 5 nitrogen and oxygen atoms in total. The molecule has 1 heterocycles. The number of thioether (sulfide) groups is 1. The van der Waals surface area contributed by atoms with Crippen LogP contribution in [0.1, 0.15) is 12.6 Å². The van der Waals surface area contributed by atoms with Crippen molar-refractivity contribution in [2.24, 2.45) is 5.14 Å². The van der Waals surface area contributed by atoms with Gasteiger partial charge in [0.25, 0.3) is 0 Å². The third-order valence-electron chi connectivity index (χ3n) is 4.30. The van der Waals surface area contributed by atoms with E-state index in [-0.39, 0.29) is 27.3 Å². The number of benzene rings is 2. The highest BCUT2D eigenvalue weighted by atomic mass is 32.2. The Labute approximate surface area is 176 Å². The molecule has 0 bridgehead atoms. The number of hydrogen-bond donors (Lipinski definition) is 1. The zero-order chi connectivity index (χ0) is 22.1. The Bertz CT molecular complexity index is 1200. The van der Waals surface area contributed by atoms with E-state index >= 15 is 0 Å². The minimum atomic E-state index is -4.74. The summed E-state index contributed by atoms with van der Waals surface area (Å²) >= 11 is 1.45. The van der Waals surface area contributed by atoms with Crippen LogP contribution in [0.3, 0.4) is 0 Å². The van der Waals surface area contributed by atoms with Gasteiger partial charge in [0.1, 0.15) is 5.69 Å². The summed E-state index contributed by atoms with van der Waals surface area (Å²) in [4.78, 5) is 0.575. The number of nitrogens with zero attached hydrogens (tertiary/aromatic N) is 2. The van der Waals surface area contributed by atoms with E-state index in [1.807, 2.05) is 6.26 Å². The predicted octanol–water partition coefficient (Wildman–Crippen LogP) is 5.10. The summed E-state index contributed by atoms with van der Waals surface area (Å²) in [6.07, 6.45) is -0.299. The van der Waals surface area contributed by atoms with Crippen LogP contribution in [0.25, 0.3) is 28.6 Å². The second-order valence-corrected chi connectivity index (χ2v) is 8.68. The Kier molecular flexibility index (Phi) is 6.11. The SMILES string of the molecule is CC=Cn1nc(-c2ccccc2S(N)(=O)=O)c(-c2ccc(SC)cc2)c1C(F)(F)F. The van der Waals surface area contributed by atoms with E-state index in [4.69, 9.17) is 5.14 Å². The van der Waals surface area contributed by atoms with E-state index in [1.165, 1.54) is 48.3 Å². The fraction of sp³-hybridized carbons (Fsp3) is 0.150. The normalized spacial score (nSPS) is 12.6. The molecular weight excluding hydrogens is 435 g/mol. The van der Waals surface area contributed by atoms with E-state index in [9.17, 15) is 21.6 Å². The molecule has 0 amide bonds. The lowest BCUT2D eigenvalue weighted by Gasteiger charge is -2.12. The molecule has 0 saturated carbocycles. The summed E-state index contributed by atoms with van der Waals surface area (Å²) in [5.74, 6) is 0. The van der Waals surface area contributed by atoms with Crippen molar-refractivity contribution in [1.29, 1.82) is 0 Å². The number of rotatable bonds is 5. The molecule has 3 aromatic rings. The van der Waals surface area contributed by atoms with Crippen LogP contribution in [0.4, 0.5) is 13.2 Å². The molecule has 0 unspecified atom stereocenters. The number of halogens is 3.